The van der Waals surface area contributed by atoms with Crippen LogP contribution in [0, 0.1) is 35.5 Å². The number of nitrogens with one attached hydrogen (secondary N) is 1. The van der Waals surface area contributed by atoms with Gasteiger partial charge in [0.15, 0.2) is 0 Å². The zero-order valence-electron chi connectivity index (χ0n) is 16.7. The summed E-state index contributed by atoms with van der Waals surface area (Å²) in [6.07, 6.45) is 1.69. The Morgan fingerprint density at radius 2 is 1.62 bits per heavy atom. The molecule has 0 saturated carbocycles. The van der Waals surface area contributed by atoms with E-state index in [1.807, 2.05) is 24.3 Å². The van der Waals surface area contributed by atoms with Gasteiger partial charge in [-0.25, -0.2) is 4.98 Å². The molecule has 0 aliphatic rings. The Labute approximate surface area is 197 Å². The van der Waals surface area contributed by atoms with E-state index in [1.54, 1.807) is 49.5 Å². The predicted octanol–water partition coefficient (Wildman–Crippen LogP) is 5.70. The minimum absolute atomic E-state index is 0.351. The van der Waals surface area contributed by atoms with Gasteiger partial charge in [0.25, 0.3) is 5.56 Å². The number of hydrogen-bond acceptors (Lipinski definition) is 5. The molecule has 0 amide bonds. The molecule has 0 radical (unpaired) electrons. The number of hydrogen-bond donors (Lipinski definition) is 1. The quantitative estimate of drug-likeness (QED) is 0.396. The maximum Gasteiger partial charge on any atom is 0.277 e. The van der Waals surface area contributed by atoms with Crippen LogP contribution in [0.5, 0.6) is 0 Å². The second-order valence-electron chi connectivity index (χ2n) is 7.07. The van der Waals surface area contributed by atoms with Crippen molar-refractivity contribution < 1.29 is 0 Å². The van der Waals surface area contributed by atoms with Crippen LogP contribution >= 0.6 is 34.5 Å². The van der Waals surface area contributed by atoms with Gasteiger partial charge in [-0.05, 0) is 42.3 Å². The third kappa shape index (κ3) is 4.06. The Bertz CT molecular complexity index is 1390. The summed E-state index contributed by atoms with van der Waals surface area (Å²) in [5.41, 5.74) is 2.16. The van der Waals surface area contributed by atoms with Crippen LogP contribution in [-0.2, 0) is 0 Å². The van der Waals surface area contributed by atoms with E-state index in [-0.39, 0.29) is 5.56 Å². The number of thiazole rings is 1. The van der Waals surface area contributed by atoms with Crippen LogP contribution in [0.2, 0.25) is 10.0 Å². The van der Waals surface area contributed by atoms with Crippen molar-refractivity contribution in [3.63, 3.8) is 0 Å². The van der Waals surface area contributed by atoms with E-state index >= 15 is 0 Å². The summed E-state index contributed by atoms with van der Waals surface area (Å²) in [6.45, 7) is 1.75. The molecule has 0 unspecified atom stereocenters. The first-order valence-corrected chi connectivity index (χ1v) is 11.1. The van der Waals surface area contributed by atoms with Crippen molar-refractivity contribution in [3.05, 3.63) is 91.9 Å². The first-order valence-electron chi connectivity index (χ1n) is 9.51. The summed E-state index contributed by atoms with van der Waals surface area (Å²) >= 11 is 13.3. The van der Waals surface area contributed by atoms with E-state index in [9.17, 15) is 15.3 Å². The molecular formula is C23H15Cl2N5OS. The van der Waals surface area contributed by atoms with Crippen molar-refractivity contribution >= 4 is 34.5 Å². The summed E-state index contributed by atoms with van der Waals surface area (Å²) < 4.78 is 1.35. The van der Waals surface area contributed by atoms with E-state index < -0.39 is 11.8 Å². The number of aromatic nitrogens is 3. The standard InChI is InChI=1S/C23H15Cl2N5OS/c1-13-20(21(16(10-26)11-27)15-4-8-18(25)9-5-15)22(31)30(29-13)23-28-12-19(32-23)14-2-6-17(24)7-3-14/h2-9,12,16,21,29H,1H3/t21-/m0/s1. The predicted molar refractivity (Wildman–Crippen MR) is 125 cm³/mol. The lowest BCUT2D eigenvalue weighted by atomic mass is 9.82. The Balaban J connectivity index is 1.81. The highest BCUT2D eigenvalue weighted by atomic mass is 35.5. The molecule has 0 aliphatic carbocycles. The van der Waals surface area contributed by atoms with Gasteiger partial charge in [0, 0.05) is 33.4 Å². The number of benzene rings is 2. The Kier molecular flexibility index (Phi) is 6.16. The fraction of sp³-hybridized carbons (Fsp3) is 0.130. The second-order valence-corrected chi connectivity index (χ2v) is 8.95. The van der Waals surface area contributed by atoms with Crippen LogP contribution in [0.1, 0.15) is 22.7 Å². The maximum atomic E-state index is 13.4. The number of aryl methyl sites for hydroxylation is 1. The van der Waals surface area contributed by atoms with Gasteiger partial charge in [0.05, 0.1) is 17.0 Å². The monoisotopic (exact) mass is 479 g/mol. The molecule has 4 aromatic rings. The molecular weight excluding hydrogens is 465 g/mol. The third-order valence-corrected chi connectivity index (χ3v) is 6.62. The summed E-state index contributed by atoms with van der Waals surface area (Å²) in [5, 5.41) is 23.9. The molecule has 32 heavy (non-hydrogen) atoms. The zero-order chi connectivity index (χ0) is 22.8. The van der Waals surface area contributed by atoms with Crippen molar-refractivity contribution in [2.45, 2.75) is 12.8 Å². The lowest BCUT2D eigenvalue weighted by Gasteiger charge is -2.17. The number of nitriles is 2. The van der Waals surface area contributed by atoms with Gasteiger partial charge >= 0.3 is 0 Å². The van der Waals surface area contributed by atoms with Crippen LogP contribution in [0.4, 0.5) is 0 Å². The van der Waals surface area contributed by atoms with Crippen molar-refractivity contribution in [2.24, 2.45) is 5.92 Å². The molecule has 1 atom stereocenters. The normalized spacial score (nSPS) is 11.8. The molecule has 1 N–H and O–H groups in total. The van der Waals surface area contributed by atoms with Gasteiger partial charge in [0.1, 0.15) is 5.92 Å². The highest BCUT2D eigenvalue weighted by molar-refractivity contribution is 7.17. The first-order chi connectivity index (χ1) is 15.4. The van der Waals surface area contributed by atoms with Crippen molar-refractivity contribution in [2.75, 3.05) is 0 Å². The summed E-state index contributed by atoms with van der Waals surface area (Å²) in [6, 6.07) is 18.2. The van der Waals surface area contributed by atoms with E-state index in [2.05, 4.69) is 10.1 Å². The summed E-state index contributed by atoms with van der Waals surface area (Å²) in [5.74, 6) is -1.78. The number of H-pyrrole nitrogens is 1. The summed E-state index contributed by atoms with van der Waals surface area (Å²) in [4.78, 5) is 18.7. The highest BCUT2D eigenvalue weighted by Crippen LogP contribution is 2.33. The fourth-order valence-corrected chi connectivity index (χ4v) is 4.68. The third-order valence-electron chi connectivity index (χ3n) is 5.08. The van der Waals surface area contributed by atoms with E-state index in [0.29, 0.717) is 32.0 Å². The van der Waals surface area contributed by atoms with E-state index in [4.69, 9.17) is 23.2 Å². The lowest BCUT2D eigenvalue weighted by molar-refractivity contribution is 0.699. The molecule has 4 rings (SSSR count). The number of rotatable bonds is 5. The Hall–Kier alpha value is -3.36. The molecule has 2 aromatic heterocycles. The Morgan fingerprint density at radius 3 is 2.22 bits per heavy atom. The van der Waals surface area contributed by atoms with Crippen LogP contribution < -0.4 is 5.56 Å². The van der Waals surface area contributed by atoms with Crippen molar-refractivity contribution in [1.82, 2.24) is 14.8 Å². The zero-order valence-corrected chi connectivity index (χ0v) is 19.0. The smallest absolute Gasteiger partial charge is 0.277 e. The molecule has 158 valence electrons. The molecule has 0 spiro atoms. The molecule has 9 heteroatoms. The largest absolute Gasteiger partial charge is 0.293 e. The SMILES string of the molecule is Cc1[nH]n(-c2ncc(-c3ccc(Cl)cc3)s2)c(=O)c1[C@@H](c1ccc(Cl)cc1)C(C#N)C#N. The minimum Gasteiger partial charge on any atom is -0.293 e. The molecule has 2 aromatic carbocycles. The van der Waals surface area contributed by atoms with Gasteiger partial charge in [0.2, 0.25) is 5.13 Å². The minimum atomic E-state index is -1.05. The topological polar surface area (TPSA) is 98.3 Å². The Morgan fingerprint density at radius 1 is 1.03 bits per heavy atom. The molecule has 2 heterocycles. The molecule has 0 fully saturated rings. The average Bonchev–Trinajstić information content (AvgIpc) is 3.38. The number of halogens is 2. The summed E-state index contributed by atoms with van der Waals surface area (Å²) in [7, 11) is 0. The van der Waals surface area contributed by atoms with Crippen LogP contribution in [0.15, 0.2) is 59.5 Å². The van der Waals surface area contributed by atoms with E-state index in [0.717, 1.165) is 10.4 Å². The molecule has 6 nitrogen and oxygen atoms in total. The fourth-order valence-electron chi connectivity index (χ4n) is 3.55. The van der Waals surface area contributed by atoms with Crippen molar-refractivity contribution in [1.29, 1.82) is 10.5 Å². The van der Waals surface area contributed by atoms with Crippen LogP contribution in [0.3, 0.4) is 0 Å². The van der Waals surface area contributed by atoms with Gasteiger partial charge in [-0.2, -0.15) is 15.2 Å². The molecule has 0 saturated heterocycles. The van der Waals surface area contributed by atoms with Crippen molar-refractivity contribution in [3.8, 4) is 27.7 Å². The maximum absolute atomic E-state index is 13.4. The van der Waals surface area contributed by atoms with E-state index in [1.165, 1.54) is 16.0 Å². The molecule has 0 bridgehead atoms. The number of nitrogens with zero attached hydrogens (tertiary/aromatic N) is 4. The second kappa shape index (κ2) is 9.02. The van der Waals surface area contributed by atoms with Crippen LogP contribution in [0.25, 0.3) is 15.6 Å². The van der Waals surface area contributed by atoms with Gasteiger partial charge < -0.3 is 0 Å². The lowest BCUT2D eigenvalue weighted by Crippen LogP contribution is -2.23. The number of aromatic amines is 1. The first kappa shape index (κ1) is 21.9. The van der Waals surface area contributed by atoms with Crippen LogP contribution in [-0.4, -0.2) is 14.8 Å². The highest BCUT2D eigenvalue weighted by Gasteiger charge is 2.31. The van der Waals surface area contributed by atoms with Gasteiger partial charge in [-0.1, -0.05) is 58.8 Å². The van der Waals surface area contributed by atoms with Gasteiger partial charge in [-0.15, -0.1) is 0 Å². The average molecular weight is 480 g/mol. The molecule has 0 aliphatic heterocycles. The van der Waals surface area contributed by atoms with Gasteiger partial charge in [-0.3, -0.25) is 9.89 Å².